The van der Waals surface area contributed by atoms with E-state index in [1.165, 1.54) is 33.4 Å². The summed E-state index contributed by atoms with van der Waals surface area (Å²) in [6, 6.07) is 67.1. The number of aryl methyl sites for hydroxylation is 6. The van der Waals surface area contributed by atoms with Crippen molar-refractivity contribution in [1.29, 1.82) is 0 Å². The maximum Gasteiger partial charge on any atom is 0.227 e. The quantitative estimate of drug-likeness (QED) is 0.121. The average Bonchev–Trinajstić information content (AvgIpc) is 3.84. The molecule has 9 aromatic carbocycles. The van der Waals surface area contributed by atoms with Crippen molar-refractivity contribution >= 4 is 61.9 Å². The van der Waals surface area contributed by atoms with Gasteiger partial charge in [-0.2, -0.15) is 0 Å². The van der Waals surface area contributed by atoms with Crippen molar-refractivity contribution < 1.29 is 9.15 Å². The summed E-state index contributed by atoms with van der Waals surface area (Å²) >= 11 is 0. The van der Waals surface area contributed by atoms with Crippen LogP contribution in [0.1, 0.15) is 52.0 Å². The monoisotopic (exact) mass is 952 g/mol. The van der Waals surface area contributed by atoms with E-state index in [1.807, 2.05) is 72.8 Å². The first kappa shape index (κ1) is 46.4. The van der Waals surface area contributed by atoms with E-state index < -0.39 is 0 Å². The Morgan fingerprint density at radius 3 is 1.29 bits per heavy atom. The van der Waals surface area contributed by atoms with E-state index in [4.69, 9.17) is 29.8 Å². The van der Waals surface area contributed by atoms with Crippen LogP contribution in [-0.2, 0) is 0 Å². The molecule has 1 unspecified atom stereocenters. The fourth-order valence-corrected chi connectivity index (χ4v) is 10.3. The molecular formula is C65H56N6O2. The maximum atomic E-state index is 6.31. The van der Waals surface area contributed by atoms with Gasteiger partial charge >= 0.3 is 0 Å². The summed E-state index contributed by atoms with van der Waals surface area (Å²) in [4.78, 5) is 20.1. The number of fused-ring (bicyclic) bond motifs is 2. The van der Waals surface area contributed by atoms with E-state index in [2.05, 4.69) is 180 Å². The highest BCUT2D eigenvalue weighted by atomic mass is 16.5. The standard InChI is InChI=1S/C65H56N6O2/c1-40-36-42(3)63(43(4)37-40)70(51-28-20-47(21-29-51)46(7)72-59-18-12-8-14-55(59)66)52-30-22-48(23-31-52)61-62(68-57-16-10-9-15-56(57)67-61)49-24-32-53(33-25-49)71(64-44(5)38-41(2)39-45(64)6)54-34-26-50(27-35-54)65-69-58-17-11-13-19-60(58)73-65/h8-39,46H,66H2,1-7H3. The number of rotatable bonds is 12. The first-order chi connectivity index (χ1) is 35.4. The summed E-state index contributed by atoms with van der Waals surface area (Å²) < 4.78 is 12.5. The smallest absolute Gasteiger partial charge is 0.227 e. The minimum Gasteiger partial charge on any atom is -0.484 e. The number of nitrogens with two attached hydrogens (primary N) is 1. The number of para-hydroxylation sites is 6. The Hall–Kier alpha value is -9.01. The van der Waals surface area contributed by atoms with Gasteiger partial charge < -0.3 is 24.7 Å². The van der Waals surface area contributed by atoms with Crippen LogP contribution in [-0.4, -0.2) is 15.0 Å². The SMILES string of the molecule is Cc1cc(C)c(N(c2ccc(-c3nc4ccccc4o3)cc2)c2ccc(-c3nc4ccccc4nc3-c3ccc(N(c4ccc(C(C)Oc5ccccc5N)cc4)c4c(C)cc(C)cc4C)cc3)cc2)c(C)c1. The number of nitrogens with zero attached hydrogens (tertiary/aromatic N) is 5. The number of aromatic nitrogens is 3. The normalized spacial score (nSPS) is 11.8. The van der Waals surface area contributed by atoms with Crippen LogP contribution in [0.4, 0.5) is 39.8 Å². The molecule has 0 aliphatic carbocycles. The van der Waals surface area contributed by atoms with Crippen LogP contribution >= 0.6 is 0 Å². The molecule has 2 aromatic heterocycles. The lowest BCUT2D eigenvalue weighted by molar-refractivity contribution is 0.228. The second-order valence-electron chi connectivity index (χ2n) is 19.1. The molecule has 8 heteroatoms. The van der Waals surface area contributed by atoms with Gasteiger partial charge in [0.15, 0.2) is 5.58 Å². The van der Waals surface area contributed by atoms with Crippen molar-refractivity contribution in [2.75, 3.05) is 15.5 Å². The molecule has 0 spiro atoms. The Kier molecular flexibility index (Phi) is 12.3. The molecule has 0 saturated carbocycles. The van der Waals surface area contributed by atoms with Gasteiger partial charge in [0, 0.05) is 39.4 Å². The van der Waals surface area contributed by atoms with Crippen LogP contribution in [0.15, 0.2) is 199 Å². The maximum absolute atomic E-state index is 6.31. The molecule has 0 fully saturated rings. The predicted octanol–water partition coefficient (Wildman–Crippen LogP) is 17.3. The van der Waals surface area contributed by atoms with E-state index in [9.17, 15) is 0 Å². The van der Waals surface area contributed by atoms with Gasteiger partial charge in [0.25, 0.3) is 0 Å². The van der Waals surface area contributed by atoms with Gasteiger partial charge in [-0.1, -0.05) is 108 Å². The zero-order valence-corrected chi connectivity index (χ0v) is 42.2. The van der Waals surface area contributed by atoms with Crippen molar-refractivity contribution in [2.45, 2.75) is 54.6 Å². The lowest BCUT2D eigenvalue weighted by Crippen LogP contribution is -2.13. The Morgan fingerprint density at radius 2 is 0.836 bits per heavy atom. The number of ether oxygens (including phenoxy) is 1. The van der Waals surface area contributed by atoms with Crippen LogP contribution in [0.2, 0.25) is 0 Å². The Labute approximate surface area is 427 Å². The average molecular weight is 953 g/mol. The van der Waals surface area contributed by atoms with E-state index in [0.29, 0.717) is 17.3 Å². The molecule has 0 radical (unpaired) electrons. The summed E-state index contributed by atoms with van der Waals surface area (Å²) in [5, 5.41) is 0. The van der Waals surface area contributed by atoms with Crippen LogP contribution in [0.3, 0.4) is 0 Å². The summed E-state index contributed by atoms with van der Waals surface area (Å²) in [5.74, 6) is 1.27. The molecular weight excluding hydrogens is 897 g/mol. The van der Waals surface area contributed by atoms with Crippen LogP contribution in [0.25, 0.3) is 56.1 Å². The molecule has 1 atom stereocenters. The molecule has 0 amide bonds. The lowest BCUT2D eigenvalue weighted by Gasteiger charge is -2.29. The van der Waals surface area contributed by atoms with Crippen LogP contribution < -0.4 is 20.3 Å². The molecule has 73 heavy (non-hydrogen) atoms. The first-order valence-electron chi connectivity index (χ1n) is 24.8. The second kappa shape index (κ2) is 19.3. The van der Waals surface area contributed by atoms with Gasteiger partial charge in [-0.25, -0.2) is 15.0 Å². The molecule has 358 valence electrons. The second-order valence-corrected chi connectivity index (χ2v) is 19.1. The highest BCUT2D eigenvalue weighted by Gasteiger charge is 2.22. The Bertz CT molecular complexity index is 3730. The topological polar surface area (TPSA) is 93.5 Å². The van der Waals surface area contributed by atoms with E-state index >= 15 is 0 Å². The molecule has 0 aliphatic heterocycles. The molecule has 8 nitrogen and oxygen atoms in total. The van der Waals surface area contributed by atoms with E-state index in [0.717, 1.165) is 89.9 Å². The third-order valence-electron chi connectivity index (χ3n) is 13.6. The predicted molar refractivity (Wildman–Crippen MR) is 301 cm³/mol. The highest BCUT2D eigenvalue weighted by molar-refractivity contribution is 5.89. The number of oxazole rings is 1. The number of hydrogen-bond donors (Lipinski definition) is 1. The lowest BCUT2D eigenvalue weighted by atomic mass is 10.00. The minimum absolute atomic E-state index is 0.200. The molecule has 0 saturated heterocycles. The van der Waals surface area contributed by atoms with E-state index in [1.54, 1.807) is 0 Å². The fourth-order valence-electron chi connectivity index (χ4n) is 10.3. The van der Waals surface area contributed by atoms with Crippen molar-refractivity contribution in [2.24, 2.45) is 0 Å². The largest absolute Gasteiger partial charge is 0.484 e. The number of hydrogen-bond acceptors (Lipinski definition) is 8. The molecule has 11 rings (SSSR count). The Balaban J connectivity index is 0.957. The zero-order chi connectivity index (χ0) is 50.3. The van der Waals surface area contributed by atoms with Gasteiger partial charge in [-0.15, -0.1) is 0 Å². The van der Waals surface area contributed by atoms with Crippen molar-refractivity contribution in [3.05, 3.63) is 233 Å². The van der Waals surface area contributed by atoms with Gasteiger partial charge in [-0.05, 0) is 173 Å². The fraction of sp³-hybridized carbons (Fsp3) is 0.123. The van der Waals surface area contributed by atoms with Crippen molar-refractivity contribution in [1.82, 2.24) is 15.0 Å². The molecule has 0 aliphatic rings. The van der Waals surface area contributed by atoms with Crippen LogP contribution in [0, 0.1) is 41.5 Å². The van der Waals surface area contributed by atoms with Gasteiger partial charge in [0.05, 0.1) is 39.5 Å². The van der Waals surface area contributed by atoms with Gasteiger partial charge in [-0.3, -0.25) is 0 Å². The summed E-state index contributed by atoms with van der Waals surface area (Å²) in [6.45, 7) is 15.1. The summed E-state index contributed by atoms with van der Waals surface area (Å²) in [6.07, 6.45) is -0.200. The Morgan fingerprint density at radius 1 is 0.438 bits per heavy atom. The third kappa shape index (κ3) is 9.15. The minimum atomic E-state index is -0.200. The van der Waals surface area contributed by atoms with Crippen LogP contribution in [0.5, 0.6) is 5.75 Å². The van der Waals surface area contributed by atoms with Gasteiger partial charge in [0.2, 0.25) is 5.89 Å². The highest BCUT2D eigenvalue weighted by Crippen LogP contribution is 2.44. The van der Waals surface area contributed by atoms with Crippen molar-refractivity contribution in [3.63, 3.8) is 0 Å². The summed E-state index contributed by atoms with van der Waals surface area (Å²) in [7, 11) is 0. The number of nitrogen functional groups attached to an aromatic ring is 1. The molecule has 11 aromatic rings. The third-order valence-corrected chi connectivity index (χ3v) is 13.6. The summed E-state index contributed by atoms with van der Waals surface area (Å²) in [5.41, 5.74) is 29.2. The van der Waals surface area contributed by atoms with Crippen molar-refractivity contribution in [3.8, 4) is 39.7 Å². The molecule has 0 bridgehead atoms. The zero-order valence-electron chi connectivity index (χ0n) is 42.2. The van der Waals surface area contributed by atoms with E-state index in [-0.39, 0.29) is 6.10 Å². The number of benzene rings is 9. The first-order valence-corrected chi connectivity index (χ1v) is 24.8. The molecule has 2 heterocycles. The number of anilines is 7. The molecule has 2 N–H and O–H groups in total. The van der Waals surface area contributed by atoms with Gasteiger partial charge in [0.1, 0.15) is 17.4 Å².